The average Bonchev–Trinajstić information content (AvgIpc) is 3.33. The highest BCUT2D eigenvalue weighted by Crippen LogP contribution is 2.38. The maximum atomic E-state index is 13.8. The lowest BCUT2D eigenvalue weighted by Gasteiger charge is -2.51. The Morgan fingerprint density at radius 1 is 1.14 bits per heavy atom. The minimum absolute atomic E-state index is 0.0426. The van der Waals surface area contributed by atoms with Gasteiger partial charge in [-0.3, -0.25) is 14.9 Å². The first-order chi connectivity index (χ1) is 17.4. The Kier molecular flexibility index (Phi) is 8.25. The Balaban J connectivity index is 1.53. The molecule has 4 rings (SSSR count). The quantitative estimate of drug-likeness (QED) is 0.511. The van der Waals surface area contributed by atoms with E-state index < -0.39 is 17.6 Å². The number of hydrogen-bond donors (Lipinski definition) is 1. The van der Waals surface area contributed by atoms with Crippen molar-refractivity contribution in [3.05, 3.63) is 71.5 Å². The number of benzene rings is 2. The number of carbonyl (C=O) groups excluding carboxylic acids is 2. The summed E-state index contributed by atoms with van der Waals surface area (Å²) in [5.74, 6) is -0.756. The Bertz CT molecular complexity index is 1110. The number of guanidine groups is 1. The minimum atomic E-state index is -0.650. The topological polar surface area (TPSA) is 83.4 Å². The summed E-state index contributed by atoms with van der Waals surface area (Å²) in [6.07, 6.45) is 4.36. The molecular formula is C28H33FN4O3. The van der Waals surface area contributed by atoms with Gasteiger partial charge in [0, 0.05) is 19.2 Å². The molecule has 1 saturated heterocycles. The van der Waals surface area contributed by atoms with Crippen LogP contribution in [0.25, 0.3) is 0 Å². The summed E-state index contributed by atoms with van der Waals surface area (Å²) >= 11 is 0. The fourth-order valence-electron chi connectivity index (χ4n) is 4.53. The molecular weight excluding hydrogens is 459 g/mol. The van der Waals surface area contributed by atoms with Crippen LogP contribution in [0.2, 0.25) is 0 Å². The molecule has 0 radical (unpaired) electrons. The van der Waals surface area contributed by atoms with E-state index in [4.69, 9.17) is 4.74 Å². The van der Waals surface area contributed by atoms with Crippen molar-refractivity contribution >= 4 is 24.0 Å². The lowest BCUT2D eigenvalue weighted by atomic mass is 9.83. The predicted octanol–water partition coefficient (Wildman–Crippen LogP) is 3.87. The van der Waals surface area contributed by atoms with Gasteiger partial charge in [0.1, 0.15) is 17.5 Å². The van der Waals surface area contributed by atoms with Crippen LogP contribution in [0.3, 0.4) is 0 Å². The molecule has 8 heteroatoms. The normalized spacial score (nSPS) is 18.9. The molecule has 2 aliphatic heterocycles. The van der Waals surface area contributed by atoms with E-state index in [1.54, 1.807) is 30.2 Å². The van der Waals surface area contributed by atoms with Crippen LogP contribution in [-0.4, -0.2) is 54.6 Å². The molecule has 36 heavy (non-hydrogen) atoms. The van der Waals surface area contributed by atoms with Crippen molar-refractivity contribution in [2.45, 2.75) is 51.2 Å². The second-order valence-corrected chi connectivity index (χ2v) is 9.32. The van der Waals surface area contributed by atoms with Crippen LogP contribution in [0.4, 0.5) is 4.39 Å². The molecule has 190 valence electrons. The van der Waals surface area contributed by atoms with Crippen LogP contribution in [0, 0.1) is 11.7 Å². The molecule has 2 aliphatic rings. The predicted molar refractivity (Wildman–Crippen MR) is 137 cm³/mol. The second kappa shape index (κ2) is 11.6. The highest BCUT2D eigenvalue weighted by Gasteiger charge is 2.49. The van der Waals surface area contributed by atoms with Gasteiger partial charge in [0.2, 0.25) is 17.8 Å². The summed E-state index contributed by atoms with van der Waals surface area (Å²) in [4.78, 5) is 36.2. The van der Waals surface area contributed by atoms with Gasteiger partial charge < -0.3 is 9.64 Å². The van der Waals surface area contributed by atoms with Crippen LogP contribution in [0.1, 0.15) is 44.2 Å². The zero-order valence-corrected chi connectivity index (χ0v) is 20.8. The van der Waals surface area contributed by atoms with Crippen LogP contribution >= 0.6 is 0 Å². The van der Waals surface area contributed by atoms with Crippen molar-refractivity contribution in [3.8, 4) is 0 Å². The average molecular weight is 493 g/mol. The van der Waals surface area contributed by atoms with E-state index in [1.807, 2.05) is 30.3 Å². The first kappa shape index (κ1) is 25.7. The van der Waals surface area contributed by atoms with Gasteiger partial charge >= 0.3 is 0 Å². The van der Waals surface area contributed by atoms with Gasteiger partial charge in [-0.1, -0.05) is 62.7 Å². The van der Waals surface area contributed by atoms with Crippen molar-refractivity contribution in [2.75, 3.05) is 19.7 Å². The first-order valence-corrected chi connectivity index (χ1v) is 12.6. The molecule has 2 aromatic carbocycles. The Morgan fingerprint density at radius 2 is 1.86 bits per heavy atom. The van der Waals surface area contributed by atoms with Crippen molar-refractivity contribution in [1.29, 1.82) is 0 Å². The Labute approximate surface area is 211 Å². The number of likely N-dealkylation sites (tertiary alicyclic amines) is 1. The fraction of sp³-hybridized carbons (Fsp3) is 0.429. The van der Waals surface area contributed by atoms with E-state index >= 15 is 0 Å². The molecule has 2 heterocycles. The molecule has 7 nitrogen and oxygen atoms in total. The highest BCUT2D eigenvalue weighted by atomic mass is 19.1. The summed E-state index contributed by atoms with van der Waals surface area (Å²) in [5.41, 5.74) is 1.24. The number of amides is 2. The Morgan fingerprint density at radius 3 is 2.53 bits per heavy atom. The lowest BCUT2D eigenvalue weighted by molar-refractivity contribution is -0.176. The molecule has 2 aromatic rings. The number of ether oxygens (including phenoxy) is 1. The van der Waals surface area contributed by atoms with Crippen molar-refractivity contribution in [3.63, 3.8) is 0 Å². The fourth-order valence-corrected chi connectivity index (χ4v) is 4.53. The monoisotopic (exact) mass is 492 g/mol. The molecule has 0 aliphatic carbocycles. The SMILES string of the molecule is CCCCOC1(c2ccc(F)cc2)CN(C(=O)[C@H](Cc2ccccc2)C2C=NC(NC(=O)CC)=N2)C1. The molecule has 1 fully saturated rings. The number of nitrogens with zero attached hydrogens (tertiary/aromatic N) is 3. The van der Waals surface area contributed by atoms with Crippen molar-refractivity contribution in [1.82, 2.24) is 10.2 Å². The molecule has 1 unspecified atom stereocenters. The van der Waals surface area contributed by atoms with E-state index in [0.29, 0.717) is 32.5 Å². The van der Waals surface area contributed by atoms with Crippen LogP contribution < -0.4 is 5.32 Å². The van der Waals surface area contributed by atoms with Gasteiger partial charge in [-0.15, -0.1) is 0 Å². The van der Waals surface area contributed by atoms with E-state index in [-0.39, 0.29) is 23.6 Å². The molecule has 0 aromatic heterocycles. The zero-order valence-electron chi connectivity index (χ0n) is 20.8. The van der Waals surface area contributed by atoms with Gasteiger partial charge in [-0.05, 0) is 36.1 Å². The minimum Gasteiger partial charge on any atom is -0.367 e. The molecule has 1 N–H and O–H groups in total. The van der Waals surface area contributed by atoms with Gasteiger partial charge in [0.25, 0.3) is 0 Å². The summed E-state index contributed by atoms with van der Waals surface area (Å²) in [6, 6.07) is 15.7. The van der Waals surface area contributed by atoms with Gasteiger partial charge in [0.05, 0.1) is 19.0 Å². The summed E-state index contributed by atoms with van der Waals surface area (Å²) in [7, 11) is 0. The summed E-state index contributed by atoms with van der Waals surface area (Å²) < 4.78 is 19.9. The van der Waals surface area contributed by atoms with Crippen LogP contribution in [0.5, 0.6) is 0 Å². The first-order valence-electron chi connectivity index (χ1n) is 12.6. The maximum Gasteiger partial charge on any atom is 0.228 e. The number of rotatable bonds is 10. The molecule has 2 amide bonds. The van der Waals surface area contributed by atoms with Crippen molar-refractivity contribution in [2.24, 2.45) is 15.9 Å². The van der Waals surface area contributed by atoms with E-state index in [9.17, 15) is 14.0 Å². The number of unbranched alkanes of at least 4 members (excludes halogenated alkanes) is 1. The van der Waals surface area contributed by atoms with Crippen molar-refractivity contribution < 1.29 is 18.7 Å². The summed E-state index contributed by atoms with van der Waals surface area (Å²) in [5, 5.41) is 2.68. The largest absolute Gasteiger partial charge is 0.367 e. The lowest BCUT2D eigenvalue weighted by Crippen LogP contribution is -2.64. The molecule has 2 atom stereocenters. The van der Waals surface area contributed by atoms with Gasteiger partial charge in [-0.2, -0.15) is 0 Å². The highest BCUT2D eigenvalue weighted by molar-refractivity contribution is 6.04. The van der Waals surface area contributed by atoms with Gasteiger partial charge in [-0.25, -0.2) is 14.4 Å². The number of halogens is 1. The second-order valence-electron chi connectivity index (χ2n) is 9.32. The van der Waals surface area contributed by atoms with E-state index in [0.717, 1.165) is 24.0 Å². The number of aliphatic imine (C=N–C) groups is 2. The number of hydrogen-bond acceptors (Lipinski definition) is 5. The van der Waals surface area contributed by atoms with E-state index in [2.05, 4.69) is 22.2 Å². The van der Waals surface area contributed by atoms with Crippen LogP contribution in [0.15, 0.2) is 64.6 Å². The zero-order chi connectivity index (χ0) is 25.5. The smallest absolute Gasteiger partial charge is 0.228 e. The molecule has 0 bridgehead atoms. The number of nitrogens with one attached hydrogen (secondary N) is 1. The van der Waals surface area contributed by atoms with Crippen LogP contribution in [-0.2, 0) is 26.3 Å². The molecule has 0 saturated carbocycles. The maximum absolute atomic E-state index is 13.8. The number of carbonyl (C=O) groups is 2. The molecule has 0 spiro atoms. The third-order valence-electron chi connectivity index (χ3n) is 6.67. The van der Waals surface area contributed by atoms with Gasteiger partial charge in [0.15, 0.2) is 0 Å². The third kappa shape index (κ3) is 5.87. The van der Waals surface area contributed by atoms with E-state index in [1.165, 1.54) is 12.1 Å². The Hall–Kier alpha value is -3.39. The summed E-state index contributed by atoms with van der Waals surface area (Å²) in [6.45, 7) is 5.20. The standard InChI is InChI=1S/C28H33FN4O3/c1-3-5-15-36-28(21-11-13-22(29)14-12-21)18-33(19-28)26(35)23(16-20-9-7-6-8-10-20)24-17-30-27(31-24)32-25(34)4-2/h6-14,17,23-24H,3-5,15-16,18-19H2,1-2H3,(H,31,32,34)/t23-,24?/m1/s1. The third-order valence-corrected chi connectivity index (χ3v) is 6.67.